The molecule has 3 heterocycles. The fourth-order valence-corrected chi connectivity index (χ4v) is 20.5. The lowest BCUT2D eigenvalue weighted by Gasteiger charge is -2.31. The van der Waals surface area contributed by atoms with Crippen molar-refractivity contribution in [3.63, 3.8) is 0 Å². The number of nitrogens with zero attached hydrogens (tertiary/aromatic N) is 4. The van der Waals surface area contributed by atoms with E-state index in [1.54, 1.807) is 6.07 Å². The highest BCUT2D eigenvalue weighted by molar-refractivity contribution is 6.28. The lowest BCUT2D eigenvalue weighted by molar-refractivity contribution is 0.487. The summed E-state index contributed by atoms with van der Waals surface area (Å²) in [4.78, 5) is 9.13. The van der Waals surface area contributed by atoms with Crippen molar-refractivity contribution in [3.8, 4) is 89.8 Å². The number of anilines is 12. The van der Waals surface area contributed by atoms with Gasteiger partial charge in [0, 0.05) is 106 Å². The van der Waals surface area contributed by atoms with Crippen LogP contribution in [0.1, 0.15) is 0 Å². The highest BCUT2D eigenvalue weighted by atomic mass is 19.1. The van der Waals surface area contributed by atoms with E-state index in [-0.39, 0.29) is 5.82 Å². The maximum Gasteiger partial charge on any atom is 0.159 e. The Kier molecular flexibility index (Phi) is 19.3. The summed E-state index contributed by atoms with van der Waals surface area (Å²) >= 11 is 0. The molecular formula is C126H81FN4O3. The molecule has 0 saturated carbocycles. The van der Waals surface area contributed by atoms with Gasteiger partial charge in [0.1, 0.15) is 34.4 Å². The van der Waals surface area contributed by atoms with Crippen molar-refractivity contribution in [1.82, 2.24) is 0 Å². The van der Waals surface area contributed by atoms with Gasteiger partial charge in [-0.15, -0.1) is 0 Å². The largest absolute Gasteiger partial charge is 0.456 e. The summed E-state index contributed by atoms with van der Waals surface area (Å²) in [5.74, 6) is 2.93. The summed E-state index contributed by atoms with van der Waals surface area (Å²) in [5, 5.41) is 15.4. The van der Waals surface area contributed by atoms with Crippen molar-refractivity contribution in [2.45, 2.75) is 0 Å². The quantitative estimate of drug-likeness (QED) is 0.0893. The van der Waals surface area contributed by atoms with E-state index in [2.05, 4.69) is 426 Å². The molecule has 23 aromatic carbocycles. The number of benzene rings is 23. The molecular weight excluding hydrogens is 1640 g/mol. The molecule has 630 valence electrons. The van der Waals surface area contributed by atoms with Crippen molar-refractivity contribution in [1.29, 1.82) is 0 Å². The van der Waals surface area contributed by atoms with Crippen LogP contribution in [0.5, 0.6) is 23.0 Å². The summed E-state index contributed by atoms with van der Waals surface area (Å²) in [6, 6.07) is 172. The van der Waals surface area contributed by atoms with Gasteiger partial charge in [-0.1, -0.05) is 334 Å². The maximum absolute atomic E-state index is 17.7. The van der Waals surface area contributed by atoms with E-state index in [1.807, 2.05) is 78.9 Å². The van der Waals surface area contributed by atoms with Gasteiger partial charge in [-0.3, -0.25) is 0 Å². The first-order valence-electron chi connectivity index (χ1n) is 45.4. The van der Waals surface area contributed by atoms with Gasteiger partial charge < -0.3 is 33.5 Å². The summed E-state index contributed by atoms with van der Waals surface area (Å²) < 4.78 is 38.4. The molecule has 0 unspecified atom stereocenters. The Morgan fingerprint density at radius 3 is 1.00 bits per heavy atom. The molecule has 24 aromatic rings. The first-order valence-corrected chi connectivity index (χ1v) is 45.4. The van der Waals surface area contributed by atoms with E-state index in [0.717, 1.165) is 228 Å². The maximum atomic E-state index is 17.7. The van der Waals surface area contributed by atoms with Crippen molar-refractivity contribution in [2.24, 2.45) is 0 Å². The van der Waals surface area contributed by atoms with Crippen LogP contribution < -0.4 is 29.1 Å². The molecule has 0 radical (unpaired) electrons. The molecule has 7 nitrogen and oxygen atoms in total. The molecule has 2 aliphatic rings. The minimum atomic E-state index is -0.316. The van der Waals surface area contributed by atoms with Gasteiger partial charge in [0.25, 0.3) is 0 Å². The minimum Gasteiger partial charge on any atom is -0.456 e. The minimum absolute atomic E-state index is 0.316. The van der Waals surface area contributed by atoms with E-state index >= 15 is 4.39 Å². The van der Waals surface area contributed by atoms with Crippen LogP contribution in [0.3, 0.4) is 0 Å². The van der Waals surface area contributed by atoms with Gasteiger partial charge in [0.05, 0.1) is 34.1 Å². The smallest absolute Gasteiger partial charge is 0.159 e. The average Bonchev–Trinajstić information content (AvgIpc) is 0.878. The number of halogens is 1. The molecule has 0 fully saturated rings. The zero-order chi connectivity index (χ0) is 88.7. The number of ether oxygens (including phenoxy) is 2. The van der Waals surface area contributed by atoms with Crippen molar-refractivity contribution in [3.05, 3.63) is 497 Å². The van der Waals surface area contributed by atoms with Crippen molar-refractivity contribution < 1.29 is 18.3 Å². The fraction of sp³-hybridized carbons (Fsp3) is 0. The Morgan fingerprint density at radius 2 is 0.522 bits per heavy atom. The molecule has 0 bridgehead atoms. The molecule has 0 spiro atoms. The van der Waals surface area contributed by atoms with Gasteiger partial charge in [0.15, 0.2) is 5.58 Å². The molecule has 0 atom stereocenters. The molecule has 26 rings (SSSR count). The third-order valence-corrected chi connectivity index (χ3v) is 26.4. The zero-order valence-corrected chi connectivity index (χ0v) is 72.7. The number of hydrogen-bond donors (Lipinski definition) is 0. The van der Waals surface area contributed by atoms with E-state index < -0.39 is 0 Å². The molecule has 2 aliphatic heterocycles. The second-order valence-electron chi connectivity index (χ2n) is 34.1. The molecule has 0 aliphatic carbocycles. The van der Waals surface area contributed by atoms with Crippen LogP contribution in [0.15, 0.2) is 496 Å². The van der Waals surface area contributed by atoms with Crippen molar-refractivity contribution in [2.75, 3.05) is 19.6 Å². The average molecular weight is 1720 g/mol. The number of rotatable bonds is 16. The van der Waals surface area contributed by atoms with Gasteiger partial charge in [0.2, 0.25) is 0 Å². The molecule has 0 saturated heterocycles. The highest BCUT2D eigenvalue weighted by Gasteiger charge is 2.33. The third-order valence-electron chi connectivity index (χ3n) is 26.4. The lowest BCUT2D eigenvalue weighted by Crippen LogP contribution is -2.14. The molecule has 0 amide bonds. The Balaban J connectivity index is 0.000000144. The van der Waals surface area contributed by atoms with Crippen LogP contribution >= 0.6 is 0 Å². The Labute approximate surface area is 774 Å². The summed E-state index contributed by atoms with van der Waals surface area (Å²) in [7, 11) is 0. The predicted octanol–water partition coefficient (Wildman–Crippen LogP) is 36.4. The standard InChI is InChI=1S/C66H43FN2O.C60H38N2O2/c67-60-40-47(44-21-6-1-7-22-44)39-56(46-25-10-3-11-26-46)66(60)69(49-29-14-5-15-30-49)62-43-58-55-34-20-36-63-65(55)59(42-57(58)52-32-16-17-33-53(52)62)54-38-37-50(41-64(54)70-63)68(48-27-12-4-13-28-48)61-35-19-18-31-51(61)45-23-8-2-9-24-45;1-4-18-39(19-5-1)43-24-12-14-30-53(43)61(40-20-6-2-7-21-40)42-34-35-47-52-37-50-44-25-10-11-26-45(44)55(38-51(50)48-28-17-33-57(59(48)52)63-58(47)36-42)62(41-22-8-3-9-23-41)54-31-16-29-49-46-27-13-15-32-56(46)64-60(49)54/h1-43H;1-38H. The molecule has 1 aromatic heterocycles. The monoisotopic (exact) mass is 1720 g/mol. The normalized spacial score (nSPS) is 11.7. The van der Waals surface area contributed by atoms with E-state index in [1.165, 1.54) is 10.8 Å². The van der Waals surface area contributed by atoms with Crippen LogP contribution in [-0.2, 0) is 0 Å². The second-order valence-corrected chi connectivity index (χ2v) is 34.1. The first kappa shape index (κ1) is 78.4. The van der Waals surface area contributed by atoms with Crippen LogP contribution in [0.25, 0.3) is 153 Å². The third kappa shape index (κ3) is 13.5. The fourth-order valence-electron chi connectivity index (χ4n) is 20.5. The topological polar surface area (TPSA) is 44.6 Å². The first-order chi connectivity index (χ1) is 66.4. The van der Waals surface area contributed by atoms with Crippen LogP contribution in [0.2, 0.25) is 0 Å². The number of fused-ring (bicyclic) bond motifs is 15. The number of para-hydroxylation sites is 8. The van der Waals surface area contributed by atoms with E-state index in [0.29, 0.717) is 5.69 Å². The number of hydrogen-bond acceptors (Lipinski definition) is 7. The van der Waals surface area contributed by atoms with Crippen LogP contribution in [0, 0.1) is 5.82 Å². The van der Waals surface area contributed by atoms with Crippen molar-refractivity contribution >= 4 is 155 Å². The highest BCUT2D eigenvalue weighted by Crippen LogP contribution is 2.58. The molecule has 134 heavy (non-hydrogen) atoms. The Morgan fingerprint density at radius 1 is 0.172 bits per heavy atom. The van der Waals surface area contributed by atoms with E-state index in [9.17, 15) is 0 Å². The van der Waals surface area contributed by atoms with Gasteiger partial charge in [-0.25, -0.2) is 4.39 Å². The summed E-state index contributed by atoms with van der Waals surface area (Å²) in [6.07, 6.45) is 0. The lowest BCUT2D eigenvalue weighted by atomic mass is 9.88. The second kappa shape index (κ2) is 33.0. The summed E-state index contributed by atoms with van der Waals surface area (Å²) in [5.41, 5.74) is 25.7. The Hall–Kier alpha value is -17.9. The molecule has 8 heteroatoms. The van der Waals surface area contributed by atoms with Crippen LogP contribution in [0.4, 0.5) is 72.6 Å². The van der Waals surface area contributed by atoms with Gasteiger partial charge in [-0.05, 0) is 228 Å². The zero-order valence-electron chi connectivity index (χ0n) is 72.7. The number of furan rings is 1. The van der Waals surface area contributed by atoms with E-state index in [4.69, 9.17) is 13.9 Å². The Bertz CT molecular complexity index is 8700. The summed E-state index contributed by atoms with van der Waals surface area (Å²) in [6.45, 7) is 0. The van der Waals surface area contributed by atoms with Crippen LogP contribution in [-0.4, -0.2) is 0 Å². The van der Waals surface area contributed by atoms with Gasteiger partial charge in [-0.2, -0.15) is 0 Å². The molecule has 0 N–H and O–H groups in total. The van der Waals surface area contributed by atoms with Gasteiger partial charge >= 0.3 is 0 Å². The predicted molar refractivity (Wildman–Crippen MR) is 557 cm³/mol. The SMILES string of the molecule is Fc1cc(-c2ccccc2)cc(-c2ccccc2)c1N(c1ccccc1)c1cc2c3cccc4c3c(cc2c2ccccc12)-c1ccc(N(c2ccccc2)c2ccccc2-c2ccccc2)cc1O4.c1ccc(-c2ccccc2N(c2ccccc2)c2ccc3c(c2)Oc2cccc4c2c-3cc2c3ccccc3c(N(c3ccccc3)c3cccc5c3oc3ccccc35)cc42)cc1.